The average Bonchev–Trinajstić information content (AvgIpc) is 3.06. The van der Waals surface area contributed by atoms with E-state index in [1.165, 1.54) is 55.5 Å². The van der Waals surface area contributed by atoms with Crippen molar-refractivity contribution in [2.45, 2.75) is 45.1 Å². The number of carbonyl (C=O) groups is 1. The summed E-state index contributed by atoms with van der Waals surface area (Å²) in [6.07, 6.45) is 6.43. The van der Waals surface area contributed by atoms with Gasteiger partial charge in [0.15, 0.2) is 0 Å². The van der Waals surface area contributed by atoms with Crippen LogP contribution >= 0.6 is 0 Å². The summed E-state index contributed by atoms with van der Waals surface area (Å²) < 4.78 is 0. The highest BCUT2D eigenvalue weighted by atomic mass is 16.7. The van der Waals surface area contributed by atoms with Gasteiger partial charge in [0.1, 0.15) is 5.71 Å². The standard InChI is InChI=1S/C38H37N3O2/c1-28(42)43-39-38(30-14-5-3-6-15-30)31-23-25-33(26-24-31)41(37-22-11-16-29-13-9-10-21-36(29)37)35-20-12-19-34(27-35)40(2)32-17-7-4-8-18-32/h3,5-6,9-16,19-27,32H,4,7-8,17-18H2,1-2H3/b39-38-. The van der Waals surface area contributed by atoms with E-state index >= 15 is 0 Å². The Morgan fingerprint density at radius 3 is 2.12 bits per heavy atom. The zero-order valence-corrected chi connectivity index (χ0v) is 24.8. The molecule has 0 saturated heterocycles. The van der Waals surface area contributed by atoms with E-state index in [0.29, 0.717) is 11.8 Å². The van der Waals surface area contributed by atoms with Crippen LogP contribution in [0.2, 0.25) is 0 Å². The third-order valence-electron chi connectivity index (χ3n) is 8.34. The van der Waals surface area contributed by atoms with Crippen LogP contribution in [-0.2, 0) is 9.63 Å². The van der Waals surface area contributed by atoms with Crippen molar-refractivity contribution < 1.29 is 9.63 Å². The van der Waals surface area contributed by atoms with Gasteiger partial charge in [-0.3, -0.25) is 0 Å². The molecule has 0 spiro atoms. The van der Waals surface area contributed by atoms with Crippen LogP contribution in [0.3, 0.4) is 0 Å². The topological polar surface area (TPSA) is 45.1 Å². The molecule has 1 aliphatic carbocycles. The van der Waals surface area contributed by atoms with Crippen LogP contribution < -0.4 is 9.80 Å². The van der Waals surface area contributed by atoms with E-state index in [4.69, 9.17) is 4.84 Å². The van der Waals surface area contributed by atoms with E-state index in [1.807, 2.05) is 42.5 Å². The molecule has 0 N–H and O–H groups in total. The zero-order chi connectivity index (χ0) is 29.6. The Hall–Kier alpha value is -4.90. The van der Waals surface area contributed by atoms with Crippen molar-refractivity contribution in [3.63, 3.8) is 0 Å². The molecular weight excluding hydrogens is 530 g/mol. The van der Waals surface area contributed by atoms with E-state index < -0.39 is 5.97 Å². The summed E-state index contributed by atoms with van der Waals surface area (Å²) >= 11 is 0. The van der Waals surface area contributed by atoms with Gasteiger partial charge in [0, 0.05) is 53.6 Å². The predicted octanol–water partition coefficient (Wildman–Crippen LogP) is 9.39. The number of anilines is 4. The number of oxime groups is 1. The minimum atomic E-state index is -0.453. The number of hydrogen-bond acceptors (Lipinski definition) is 5. The van der Waals surface area contributed by atoms with Gasteiger partial charge in [-0.1, -0.05) is 109 Å². The van der Waals surface area contributed by atoms with Gasteiger partial charge in [-0.25, -0.2) is 4.79 Å². The van der Waals surface area contributed by atoms with Gasteiger partial charge >= 0.3 is 5.97 Å². The van der Waals surface area contributed by atoms with Crippen molar-refractivity contribution in [1.82, 2.24) is 0 Å². The Bertz CT molecular complexity index is 1720. The van der Waals surface area contributed by atoms with Crippen LogP contribution in [0.1, 0.15) is 50.2 Å². The second-order valence-electron chi connectivity index (χ2n) is 11.2. The van der Waals surface area contributed by atoms with Crippen molar-refractivity contribution in [3.05, 3.63) is 132 Å². The van der Waals surface area contributed by atoms with Gasteiger partial charge in [0.2, 0.25) is 0 Å². The highest BCUT2D eigenvalue weighted by Gasteiger charge is 2.21. The molecule has 0 bridgehead atoms. The maximum Gasteiger partial charge on any atom is 0.332 e. The highest BCUT2D eigenvalue weighted by Crippen LogP contribution is 2.40. The number of fused-ring (bicyclic) bond motifs is 1. The molecule has 0 radical (unpaired) electrons. The first kappa shape index (κ1) is 28.2. The van der Waals surface area contributed by atoms with Crippen LogP contribution in [-0.4, -0.2) is 24.8 Å². The lowest BCUT2D eigenvalue weighted by molar-refractivity contribution is -0.140. The van der Waals surface area contributed by atoms with Gasteiger partial charge < -0.3 is 14.6 Å². The molecule has 5 aromatic carbocycles. The van der Waals surface area contributed by atoms with Crippen LogP contribution in [0.5, 0.6) is 0 Å². The van der Waals surface area contributed by atoms with Gasteiger partial charge in [0.25, 0.3) is 0 Å². The van der Waals surface area contributed by atoms with Gasteiger partial charge in [-0.2, -0.15) is 0 Å². The van der Waals surface area contributed by atoms with E-state index in [-0.39, 0.29) is 0 Å². The lowest BCUT2D eigenvalue weighted by Gasteiger charge is -2.34. The second-order valence-corrected chi connectivity index (χ2v) is 11.2. The van der Waals surface area contributed by atoms with Crippen molar-refractivity contribution >= 4 is 45.2 Å². The fourth-order valence-electron chi connectivity index (χ4n) is 6.11. The molecule has 1 saturated carbocycles. The molecule has 0 atom stereocenters. The number of carbonyl (C=O) groups excluding carboxylic acids is 1. The molecule has 0 heterocycles. The number of nitrogens with zero attached hydrogens (tertiary/aromatic N) is 3. The van der Waals surface area contributed by atoms with Crippen LogP contribution in [0.4, 0.5) is 22.7 Å². The van der Waals surface area contributed by atoms with E-state index in [0.717, 1.165) is 28.2 Å². The molecule has 0 unspecified atom stereocenters. The first-order valence-electron chi connectivity index (χ1n) is 15.1. The fraction of sp³-hybridized carbons (Fsp3) is 0.211. The fourth-order valence-corrected chi connectivity index (χ4v) is 6.11. The Morgan fingerprint density at radius 2 is 1.35 bits per heavy atom. The van der Waals surface area contributed by atoms with Gasteiger partial charge in [-0.15, -0.1) is 0 Å². The molecule has 216 valence electrons. The molecule has 0 aliphatic heterocycles. The van der Waals surface area contributed by atoms with E-state index in [9.17, 15) is 4.79 Å². The lowest BCUT2D eigenvalue weighted by Crippen LogP contribution is -2.33. The predicted molar refractivity (Wildman–Crippen MR) is 178 cm³/mol. The monoisotopic (exact) mass is 567 g/mol. The van der Waals surface area contributed by atoms with Crippen LogP contribution in [0, 0.1) is 0 Å². The Balaban J connectivity index is 1.44. The normalized spacial score (nSPS) is 14.0. The number of benzene rings is 5. The molecule has 0 amide bonds. The molecule has 0 aromatic heterocycles. The van der Waals surface area contributed by atoms with Crippen LogP contribution in [0.15, 0.2) is 126 Å². The smallest absolute Gasteiger partial charge is 0.332 e. The summed E-state index contributed by atoms with van der Waals surface area (Å²) in [6.45, 7) is 1.36. The molecule has 43 heavy (non-hydrogen) atoms. The first-order chi connectivity index (χ1) is 21.1. The first-order valence-corrected chi connectivity index (χ1v) is 15.1. The molecule has 5 aromatic rings. The molecule has 5 heteroatoms. The lowest BCUT2D eigenvalue weighted by atomic mass is 9.94. The van der Waals surface area contributed by atoms with Crippen molar-refractivity contribution in [1.29, 1.82) is 0 Å². The van der Waals surface area contributed by atoms with Crippen LogP contribution in [0.25, 0.3) is 10.8 Å². The minimum absolute atomic E-state index is 0.453. The largest absolute Gasteiger partial charge is 0.372 e. The maximum atomic E-state index is 11.6. The number of rotatable bonds is 8. The molecule has 6 rings (SSSR count). The van der Waals surface area contributed by atoms with Gasteiger partial charge in [0.05, 0.1) is 5.69 Å². The minimum Gasteiger partial charge on any atom is -0.372 e. The van der Waals surface area contributed by atoms with Gasteiger partial charge in [-0.05, 0) is 54.6 Å². The number of hydrogen-bond donors (Lipinski definition) is 0. The summed E-state index contributed by atoms with van der Waals surface area (Å²) in [5.41, 5.74) is 6.81. The second kappa shape index (κ2) is 13.0. The summed E-state index contributed by atoms with van der Waals surface area (Å²) in [7, 11) is 2.24. The molecule has 1 fully saturated rings. The summed E-state index contributed by atoms with van der Waals surface area (Å²) in [6, 6.07) is 42.5. The SMILES string of the molecule is CC(=O)O/N=C(/c1ccccc1)c1ccc(N(c2cccc(N(C)C3CCCCC3)c2)c2cccc3ccccc23)cc1. The maximum absolute atomic E-state index is 11.6. The summed E-state index contributed by atoms with van der Waals surface area (Å²) in [4.78, 5) is 21.5. The highest BCUT2D eigenvalue weighted by molar-refractivity contribution is 6.13. The van der Waals surface area contributed by atoms with E-state index in [1.54, 1.807) is 0 Å². The Morgan fingerprint density at radius 1 is 0.698 bits per heavy atom. The molecular formula is C38H37N3O2. The van der Waals surface area contributed by atoms with Crippen molar-refractivity contribution in [2.75, 3.05) is 16.8 Å². The average molecular weight is 568 g/mol. The van der Waals surface area contributed by atoms with E-state index in [2.05, 4.69) is 101 Å². The van der Waals surface area contributed by atoms with Crippen molar-refractivity contribution in [2.24, 2.45) is 5.16 Å². The third-order valence-corrected chi connectivity index (χ3v) is 8.34. The Kier molecular flexibility index (Phi) is 8.50. The third kappa shape index (κ3) is 6.31. The zero-order valence-electron chi connectivity index (χ0n) is 24.8. The molecule has 1 aliphatic rings. The quantitative estimate of drug-likeness (QED) is 0.106. The summed E-state index contributed by atoms with van der Waals surface area (Å²) in [5, 5.41) is 6.59. The summed E-state index contributed by atoms with van der Waals surface area (Å²) in [5.74, 6) is -0.453. The molecule has 5 nitrogen and oxygen atoms in total. The van der Waals surface area contributed by atoms with Crippen molar-refractivity contribution in [3.8, 4) is 0 Å². The Labute approximate surface area is 254 Å².